The molecule has 1 aliphatic carbocycles. The van der Waals surface area contributed by atoms with E-state index in [9.17, 15) is 9.32 Å². The Kier molecular flexibility index (Phi) is 8.03. The van der Waals surface area contributed by atoms with Gasteiger partial charge in [0.2, 0.25) is 0 Å². The van der Waals surface area contributed by atoms with Crippen molar-refractivity contribution in [2.75, 3.05) is 49.1 Å². The van der Waals surface area contributed by atoms with Gasteiger partial charge >= 0.3 is 0 Å². The minimum absolute atomic E-state index is 0.670. The summed E-state index contributed by atoms with van der Waals surface area (Å²) in [6.45, 7) is 6.82. The first kappa shape index (κ1) is 23.5. The maximum atomic E-state index is 12.5. The van der Waals surface area contributed by atoms with E-state index in [0.717, 1.165) is 55.4 Å². The fourth-order valence-corrected chi connectivity index (χ4v) is 6.57. The third kappa shape index (κ3) is 6.00. The summed E-state index contributed by atoms with van der Waals surface area (Å²) in [6.07, 6.45) is 6.58. The van der Waals surface area contributed by atoms with Gasteiger partial charge in [-0.05, 0) is 48.9 Å². The average Bonchev–Trinajstić information content (AvgIpc) is 2.84. The smallest absolute Gasteiger partial charge is 0.112 e. The summed E-state index contributed by atoms with van der Waals surface area (Å²) in [4.78, 5) is 4.88. The molecule has 0 spiro atoms. The second-order valence-corrected chi connectivity index (χ2v) is 11.2. The van der Waals surface area contributed by atoms with E-state index < -0.39 is 16.4 Å². The van der Waals surface area contributed by atoms with Crippen molar-refractivity contribution in [3.8, 4) is 0 Å². The maximum Gasteiger partial charge on any atom is 0.112 e. The van der Waals surface area contributed by atoms with Crippen LogP contribution in [-0.4, -0.2) is 58.4 Å². The second-order valence-electron chi connectivity index (χ2n) is 9.63. The number of hydrogen-bond donors (Lipinski definition) is 1. The SMILES string of the molecule is CC(O)(c1ccccc1)c1ccc(N2CCN(CCS(=O)CC3CCCCC3)CC2)cc1. The number of rotatable bonds is 8. The van der Waals surface area contributed by atoms with Crippen LogP contribution in [0.15, 0.2) is 54.6 Å². The summed E-state index contributed by atoms with van der Waals surface area (Å²) in [5.74, 6) is 2.44. The van der Waals surface area contributed by atoms with Crippen LogP contribution in [0.2, 0.25) is 0 Å². The Morgan fingerprint density at radius 2 is 1.53 bits per heavy atom. The monoisotopic (exact) mass is 454 g/mol. The number of aliphatic hydroxyl groups is 1. The molecular formula is C27H38N2O2S. The van der Waals surface area contributed by atoms with Crippen molar-refractivity contribution in [3.63, 3.8) is 0 Å². The lowest BCUT2D eigenvalue weighted by atomic mass is 9.88. The van der Waals surface area contributed by atoms with Gasteiger partial charge in [0.05, 0.1) is 0 Å². The maximum absolute atomic E-state index is 12.5. The summed E-state index contributed by atoms with van der Waals surface area (Å²) >= 11 is 0. The fourth-order valence-electron chi connectivity index (χ4n) is 5.09. The molecule has 1 heterocycles. The van der Waals surface area contributed by atoms with Crippen molar-refractivity contribution in [3.05, 3.63) is 65.7 Å². The molecular weight excluding hydrogens is 416 g/mol. The molecule has 4 rings (SSSR count). The number of anilines is 1. The van der Waals surface area contributed by atoms with Crippen LogP contribution in [0.5, 0.6) is 0 Å². The van der Waals surface area contributed by atoms with Crippen molar-refractivity contribution >= 4 is 16.5 Å². The highest BCUT2D eigenvalue weighted by Gasteiger charge is 2.26. The fraction of sp³-hybridized carbons (Fsp3) is 0.556. The van der Waals surface area contributed by atoms with Crippen LogP contribution in [0, 0.1) is 5.92 Å². The van der Waals surface area contributed by atoms with Crippen LogP contribution in [0.25, 0.3) is 0 Å². The van der Waals surface area contributed by atoms with Gasteiger partial charge in [0, 0.05) is 60.7 Å². The number of hydrogen-bond acceptors (Lipinski definition) is 4. The van der Waals surface area contributed by atoms with Crippen LogP contribution >= 0.6 is 0 Å². The van der Waals surface area contributed by atoms with Gasteiger partial charge in [-0.3, -0.25) is 9.11 Å². The Balaban J connectivity index is 1.24. The van der Waals surface area contributed by atoms with E-state index in [1.165, 1.54) is 37.8 Å². The molecule has 0 bridgehead atoms. The first-order chi connectivity index (χ1) is 15.5. The molecule has 1 N–H and O–H groups in total. The zero-order valence-corrected chi connectivity index (χ0v) is 20.2. The van der Waals surface area contributed by atoms with Crippen molar-refractivity contribution in [1.29, 1.82) is 0 Å². The molecule has 2 fully saturated rings. The van der Waals surface area contributed by atoms with E-state index >= 15 is 0 Å². The lowest BCUT2D eigenvalue weighted by Gasteiger charge is -2.36. The molecule has 5 heteroatoms. The first-order valence-corrected chi connectivity index (χ1v) is 13.7. The number of nitrogens with zero attached hydrogens (tertiary/aromatic N) is 2. The number of piperazine rings is 1. The quantitative estimate of drug-likeness (QED) is 0.642. The summed E-state index contributed by atoms with van der Waals surface area (Å²) < 4.78 is 12.5. The Bertz CT molecular complexity index is 855. The summed E-state index contributed by atoms with van der Waals surface area (Å²) in [5, 5.41) is 11.1. The standard InChI is InChI=1S/C27H38N2O2S/c1-27(30,24-10-6-3-7-11-24)25-12-14-26(15-13-25)29-18-16-28(17-19-29)20-21-32(31)22-23-8-4-2-5-9-23/h3,6-7,10-15,23,30H,2,4-5,8-9,16-22H2,1H3. The van der Waals surface area contributed by atoms with Gasteiger partial charge in [-0.25, -0.2) is 0 Å². The number of benzene rings is 2. The van der Waals surface area contributed by atoms with E-state index in [0.29, 0.717) is 5.92 Å². The third-order valence-corrected chi connectivity index (χ3v) is 8.77. The Hall–Kier alpha value is -1.69. The zero-order valence-electron chi connectivity index (χ0n) is 19.4. The van der Waals surface area contributed by atoms with E-state index in [1.54, 1.807) is 0 Å². The molecule has 174 valence electrons. The molecule has 2 unspecified atom stereocenters. The molecule has 2 aromatic rings. The summed E-state index contributed by atoms with van der Waals surface area (Å²) in [6, 6.07) is 18.2. The Morgan fingerprint density at radius 3 is 2.19 bits per heavy atom. The predicted octanol–water partition coefficient (Wildman–Crippen LogP) is 4.39. The highest BCUT2D eigenvalue weighted by atomic mass is 32.2. The molecule has 32 heavy (non-hydrogen) atoms. The lowest BCUT2D eigenvalue weighted by Crippen LogP contribution is -2.47. The average molecular weight is 455 g/mol. The second kappa shape index (κ2) is 11.0. The largest absolute Gasteiger partial charge is 0.381 e. The van der Waals surface area contributed by atoms with Crippen LogP contribution in [0.4, 0.5) is 5.69 Å². The normalized spacial score (nSPS) is 21.2. The van der Waals surface area contributed by atoms with E-state index in [4.69, 9.17) is 0 Å². The molecule has 1 saturated heterocycles. The van der Waals surface area contributed by atoms with Crippen LogP contribution in [0.3, 0.4) is 0 Å². The van der Waals surface area contributed by atoms with Gasteiger partial charge in [-0.2, -0.15) is 0 Å². The molecule has 4 nitrogen and oxygen atoms in total. The molecule has 2 aliphatic rings. The van der Waals surface area contributed by atoms with Gasteiger partial charge in [0.1, 0.15) is 5.60 Å². The van der Waals surface area contributed by atoms with Crippen molar-refractivity contribution in [2.45, 2.75) is 44.6 Å². The molecule has 0 amide bonds. The van der Waals surface area contributed by atoms with Gasteiger partial charge in [0.15, 0.2) is 0 Å². The Morgan fingerprint density at radius 1 is 0.906 bits per heavy atom. The molecule has 0 radical (unpaired) electrons. The van der Waals surface area contributed by atoms with E-state index in [-0.39, 0.29) is 0 Å². The van der Waals surface area contributed by atoms with Crippen molar-refractivity contribution in [1.82, 2.24) is 4.90 Å². The summed E-state index contributed by atoms with van der Waals surface area (Å²) in [5.41, 5.74) is 2.03. The topological polar surface area (TPSA) is 43.8 Å². The van der Waals surface area contributed by atoms with Crippen LogP contribution in [-0.2, 0) is 16.4 Å². The molecule has 2 aromatic carbocycles. The minimum atomic E-state index is -0.994. The van der Waals surface area contributed by atoms with Crippen molar-refractivity contribution in [2.24, 2.45) is 5.92 Å². The van der Waals surface area contributed by atoms with E-state index in [2.05, 4.69) is 21.9 Å². The van der Waals surface area contributed by atoms with Crippen LogP contribution < -0.4 is 4.90 Å². The summed E-state index contributed by atoms with van der Waals surface area (Å²) in [7, 11) is -0.670. The highest BCUT2D eigenvalue weighted by molar-refractivity contribution is 7.85. The zero-order chi connectivity index (χ0) is 22.4. The third-order valence-electron chi connectivity index (χ3n) is 7.28. The molecule has 0 aromatic heterocycles. The van der Waals surface area contributed by atoms with Gasteiger partial charge < -0.3 is 10.0 Å². The van der Waals surface area contributed by atoms with Gasteiger partial charge in [-0.1, -0.05) is 61.7 Å². The van der Waals surface area contributed by atoms with E-state index in [1.807, 2.05) is 49.4 Å². The molecule has 2 atom stereocenters. The minimum Gasteiger partial charge on any atom is -0.381 e. The molecule has 1 aliphatic heterocycles. The highest BCUT2D eigenvalue weighted by Crippen LogP contribution is 2.30. The van der Waals surface area contributed by atoms with Gasteiger partial charge in [0.25, 0.3) is 0 Å². The van der Waals surface area contributed by atoms with Gasteiger partial charge in [-0.15, -0.1) is 0 Å². The lowest BCUT2D eigenvalue weighted by molar-refractivity contribution is 0.102. The van der Waals surface area contributed by atoms with Crippen LogP contribution in [0.1, 0.15) is 50.2 Å². The first-order valence-electron chi connectivity index (χ1n) is 12.2. The predicted molar refractivity (Wildman–Crippen MR) is 135 cm³/mol. The van der Waals surface area contributed by atoms with Crippen molar-refractivity contribution < 1.29 is 9.32 Å². The molecule has 1 saturated carbocycles. The Labute approximate surface area is 196 Å².